The number of carbonyl (C=O) groups excluding carboxylic acids is 3. The van der Waals surface area contributed by atoms with E-state index >= 15 is 0 Å². The van der Waals surface area contributed by atoms with Crippen LogP contribution in [0.25, 0.3) is 6.08 Å². The normalized spacial score (nSPS) is 10.5. The summed E-state index contributed by atoms with van der Waals surface area (Å²) in [4.78, 5) is 36.6. The average Bonchev–Trinajstić information content (AvgIpc) is 2.76. The molecule has 30 heavy (non-hydrogen) atoms. The lowest BCUT2D eigenvalue weighted by Gasteiger charge is -2.22. The van der Waals surface area contributed by atoms with E-state index < -0.39 is 11.9 Å². The van der Waals surface area contributed by atoms with Crippen molar-refractivity contribution in [3.05, 3.63) is 60.2 Å². The minimum absolute atomic E-state index is 0.0329. The molecule has 0 atom stereocenters. The molecule has 0 heterocycles. The third kappa shape index (κ3) is 6.66. The fraction of sp³-hybridized carbons (Fsp3) is 0.227. The van der Waals surface area contributed by atoms with Crippen molar-refractivity contribution in [3.8, 4) is 11.5 Å². The molecule has 2 N–H and O–H groups in total. The third-order valence-corrected chi connectivity index (χ3v) is 4.10. The molecule has 8 heteroatoms. The van der Waals surface area contributed by atoms with Crippen molar-refractivity contribution in [2.75, 3.05) is 32.3 Å². The van der Waals surface area contributed by atoms with Crippen LogP contribution >= 0.6 is 0 Å². The van der Waals surface area contributed by atoms with Crippen molar-refractivity contribution in [3.63, 3.8) is 0 Å². The number of esters is 1. The molecule has 2 aromatic rings. The summed E-state index contributed by atoms with van der Waals surface area (Å²) in [5.74, 6) is -0.542. The zero-order valence-corrected chi connectivity index (χ0v) is 16.9. The Bertz CT molecular complexity index is 911. The summed E-state index contributed by atoms with van der Waals surface area (Å²) in [6.07, 6.45) is 2.89. The van der Waals surface area contributed by atoms with Gasteiger partial charge in [0.25, 0.3) is 5.91 Å². The first-order chi connectivity index (χ1) is 14.4. The standard InChI is InChI=1S/C22H24N2O6/c1-28-19-14-16(9-11-22(27)29-2)8-10-18(19)30-15-21(26)24(13-12-20(23)25)17-6-4-3-5-7-17/h3-11,14H,12-13,15H2,1-2H3,(H2,23,25)/b11-9+. The highest BCUT2D eigenvalue weighted by Crippen LogP contribution is 2.29. The number of hydrogen-bond acceptors (Lipinski definition) is 6. The highest BCUT2D eigenvalue weighted by Gasteiger charge is 2.18. The van der Waals surface area contributed by atoms with Gasteiger partial charge in [0.2, 0.25) is 5.91 Å². The summed E-state index contributed by atoms with van der Waals surface area (Å²) in [5, 5.41) is 0. The van der Waals surface area contributed by atoms with E-state index in [1.807, 2.05) is 6.07 Å². The van der Waals surface area contributed by atoms with Crippen molar-refractivity contribution in [1.29, 1.82) is 0 Å². The van der Waals surface area contributed by atoms with Crippen molar-refractivity contribution >= 4 is 29.5 Å². The van der Waals surface area contributed by atoms with Gasteiger partial charge in [-0.1, -0.05) is 24.3 Å². The molecule has 2 amide bonds. The molecular weight excluding hydrogens is 388 g/mol. The molecule has 2 aromatic carbocycles. The molecular formula is C22H24N2O6. The van der Waals surface area contributed by atoms with Gasteiger partial charge in [-0.3, -0.25) is 9.59 Å². The van der Waals surface area contributed by atoms with Gasteiger partial charge in [-0.15, -0.1) is 0 Å². The van der Waals surface area contributed by atoms with E-state index in [0.717, 1.165) is 0 Å². The summed E-state index contributed by atoms with van der Waals surface area (Å²) in [5.41, 5.74) is 6.57. The van der Waals surface area contributed by atoms with Crippen LogP contribution in [0.1, 0.15) is 12.0 Å². The second kappa shape index (κ2) is 11.3. The Morgan fingerprint density at radius 2 is 1.77 bits per heavy atom. The Balaban J connectivity index is 2.11. The van der Waals surface area contributed by atoms with Gasteiger partial charge in [-0.05, 0) is 35.9 Å². The van der Waals surface area contributed by atoms with Crippen LogP contribution in [-0.2, 0) is 19.1 Å². The number of rotatable bonds is 10. The molecule has 2 rings (SSSR count). The molecule has 158 valence electrons. The van der Waals surface area contributed by atoms with Gasteiger partial charge in [0, 0.05) is 24.7 Å². The minimum atomic E-state index is -0.498. The molecule has 0 aliphatic carbocycles. The maximum Gasteiger partial charge on any atom is 0.330 e. The lowest BCUT2D eigenvalue weighted by atomic mass is 10.2. The lowest BCUT2D eigenvalue weighted by molar-refractivity contribution is -0.134. The number of primary amides is 1. The summed E-state index contributed by atoms with van der Waals surface area (Å²) in [7, 11) is 2.77. The van der Waals surface area contributed by atoms with Crippen molar-refractivity contribution in [2.45, 2.75) is 6.42 Å². The van der Waals surface area contributed by atoms with E-state index in [2.05, 4.69) is 4.74 Å². The second-order valence-electron chi connectivity index (χ2n) is 6.15. The predicted octanol–water partition coefficient (Wildman–Crippen LogP) is 2.17. The van der Waals surface area contributed by atoms with Crippen LogP contribution in [0.5, 0.6) is 11.5 Å². The molecule has 0 bridgehead atoms. The second-order valence-corrected chi connectivity index (χ2v) is 6.15. The number of nitrogens with two attached hydrogens (primary N) is 1. The van der Waals surface area contributed by atoms with Crippen LogP contribution in [0.4, 0.5) is 5.69 Å². The van der Waals surface area contributed by atoms with Gasteiger partial charge in [-0.25, -0.2) is 4.79 Å². The van der Waals surface area contributed by atoms with Gasteiger partial charge in [0.15, 0.2) is 18.1 Å². The van der Waals surface area contributed by atoms with E-state index in [1.165, 1.54) is 25.2 Å². The fourth-order valence-corrected chi connectivity index (χ4v) is 2.58. The van der Waals surface area contributed by atoms with Gasteiger partial charge in [0.05, 0.1) is 14.2 Å². The van der Waals surface area contributed by atoms with Crippen molar-refractivity contribution in [2.24, 2.45) is 5.73 Å². The molecule has 8 nitrogen and oxygen atoms in total. The molecule has 0 aromatic heterocycles. The van der Waals surface area contributed by atoms with E-state index in [9.17, 15) is 14.4 Å². The molecule has 0 saturated carbocycles. The zero-order chi connectivity index (χ0) is 21.9. The van der Waals surface area contributed by atoms with Gasteiger partial charge >= 0.3 is 5.97 Å². The molecule has 0 spiro atoms. The third-order valence-electron chi connectivity index (χ3n) is 4.10. The number of ether oxygens (including phenoxy) is 3. The Morgan fingerprint density at radius 3 is 2.40 bits per heavy atom. The first-order valence-corrected chi connectivity index (χ1v) is 9.15. The Morgan fingerprint density at radius 1 is 1.03 bits per heavy atom. The predicted molar refractivity (Wildman–Crippen MR) is 112 cm³/mol. The van der Waals surface area contributed by atoms with Crippen molar-refractivity contribution in [1.82, 2.24) is 0 Å². The van der Waals surface area contributed by atoms with Crippen molar-refractivity contribution < 1.29 is 28.6 Å². The largest absolute Gasteiger partial charge is 0.493 e. The number of benzene rings is 2. The molecule has 0 aliphatic rings. The minimum Gasteiger partial charge on any atom is -0.493 e. The lowest BCUT2D eigenvalue weighted by Crippen LogP contribution is -2.37. The quantitative estimate of drug-likeness (QED) is 0.473. The molecule has 0 saturated heterocycles. The monoisotopic (exact) mass is 412 g/mol. The SMILES string of the molecule is COC(=O)/C=C/c1ccc(OCC(=O)N(CCC(N)=O)c2ccccc2)c(OC)c1. The number of anilines is 1. The van der Waals surface area contributed by atoms with Gasteiger partial charge in [0.1, 0.15) is 0 Å². The highest BCUT2D eigenvalue weighted by atomic mass is 16.5. The molecule has 0 fully saturated rings. The smallest absolute Gasteiger partial charge is 0.330 e. The number of nitrogens with zero attached hydrogens (tertiary/aromatic N) is 1. The number of para-hydroxylation sites is 1. The Labute approximate surface area is 174 Å². The van der Waals surface area contributed by atoms with Crippen LogP contribution in [0.3, 0.4) is 0 Å². The summed E-state index contributed by atoms with van der Waals surface area (Å²) in [6, 6.07) is 14.0. The van der Waals surface area contributed by atoms with Gasteiger partial charge < -0.3 is 24.8 Å². The molecule has 0 aliphatic heterocycles. The Hall–Kier alpha value is -3.81. The maximum atomic E-state index is 12.8. The van der Waals surface area contributed by atoms with Crippen LogP contribution in [0.2, 0.25) is 0 Å². The molecule has 0 radical (unpaired) electrons. The number of hydrogen-bond donors (Lipinski definition) is 1. The van der Waals surface area contributed by atoms with E-state index in [1.54, 1.807) is 48.5 Å². The summed E-state index contributed by atoms with van der Waals surface area (Å²) >= 11 is 0. The zero-order valence-electron chi connectivity index (χ0n) is 16.9. The maximum absolute atomic E-state index is 12.8. The number of methoxy groups -OCH3 is 2. The van der Waals surface area contributed by atoms with Crippen LogP contribution in [0, 0.1) is 0 Å². The summed E-state index contributed by atoms with van der Waals surface area (Å²) in [6.45, 7) is -0.114. The first kappa shape index (κ1) is 22.5. The summed E-state index contributed by atoms with van der Waals surface area (Å²) < 4.78 is 15.5. The van der Waals surface area contributed by atoms with Crippen LogP contribution in [-0.4, -0.2) is 45.2 Å². The topological polar surface area (TPSA) is 108 Å². The average molecular weight is 412 g/mol. The van der Waals surface area contributed by atoms with Crippen LogP contribution in [0.15, 0.2) is 54.6 Å². The fourth-order valence-electron chi connectivity index (χ4n) is 2.58. The van der Waals surface area contributed by atoms with Gasteiger partial charge in [-0.2, -0.15) is 0 Å². The number of amides is 2. The van der Waals surface area contributed by atoms with E-state index in [4.69, 9.17) is 15.2 Å². The van der Waals surface area contributed by atoms with Crippen LogP contribution < -0.4 is 20.1 Å². The molecule has 0 unspecified atom stereocenters. The number of carbonyl (C=O) groups is 3. The van der Waals surface area contributed by atoms with E-state index in [-0.39, 0.29) is 25.5 Å². The first-order valence-electron chi connectivity index (χ1n) is 9.15. The Kier molecular flexibility index (Phi) is 8.43. The highest BCUT2D eigenvalue weighted by molar-refractivity contribution is 5.95. The van der Waals surface area contributed by atoms with E-state index in [0.29, 0.717) is 22.7 Å².